The number of carbonyl (C=O) groups excluding carboxylic acids is 2. The van der Waals surface area contributed by atoms with Gasteiger partial charge in [-0.3, -0.25) is 9.59 Å². The Morgan fingerprint density at radius 1 is 1.09 bits per heavy atom. The number of nitrogens with zero attached hydrogens (tertiary/aromatic N) is 1. The van der Waals surface area contributed by atoms with Gasteiger partial charge in [-0.25, -0.2) is 0 Å². The van der Waals surface area contributed by atoms with Crippen LogP contribution >= 0.6 is 23.2 Å². The van der Waals surface area contributed by atoms with Gasteiger partial charge in [0.1, 0.15) is 0 Å². The smallest absolute Gasteiger partial charge is 0.227 e. The fraction of sp³-hybridized carbons (Fsp3) is 0.481. The van der Waals surface area contributed by atoms with Crippen LogP contribution in [0.2, 0.25) is 10.0 Å². The summed E-state index contributed by atoms with van der Waals surface area (Å²) in [6.07, 6.45) is 0.464. The Bertz CT molecular complexity index is 994. The minimum absolute atomic E-state index is 0.00584. The highest BCUT2D eigenvalue weighted by molar-refractivity contribution is 6.30. The van der Waals surface area contributed by atoms with Gasteiger partial charge in [0, 0.05) is 34.3 Å². The van der Waals surface area contributed by atoms with Crippen LogP contribution in [-0.4, -0.2) is 40.0 Å². The van der Waals surface area contributed by atoms with Crippen LogP contribution in [0.4, 0.5) is 0 Å². The quantitative estimate of drug-likeness (QED) is 0.481. The second kappa shape index (κ2) is 11.6. The summed E-state index contributed by atoms with van der Waals surface area (Å²) in [6, 6.07) is 14.5. The summed E-state index contributed by atoms with van der Waals surface area (Å²) in [6.45, 7) is 7.48. The maximum Gasteiger partial charge on any atom is 0.227 e. The van der Waals surface area contributed by atoms with Crippen molar-refractivity contribution in [1.82, 2.24) is 10.2 Å². The largest absolute Gasteiger partial charge is 0.391 e. The molecule has 1 unspecified atom stereocenters. The lowest BCUT2D eigenvalue weighted by atomic mass is 9.74. The van der Waals surface area contributed by atoms with Crippen LogP contribution in [0.15, 0.2) is 48.5 Å². The van der Waals surface area contributed by atoms with Gasteiger partial charge in [-0.2, -0.15) is 0 Å². The van der Waals surface area contributed by atoms with Crippen molar-refractivity contribution in [1.29, 1.82) is 0 Å². The molecule has 2 aromatic carbocycles. The summed E-state index contributed by atoms with van der Waals surface area (Å²) in [7, 11) is 0. The Morgan fingerprint density at radius 2 is 1.76 bits per heavy atom. The first-order valence-electron chi connectivity index (χ1n) is 11.9. The molecule has 7 heteroatoms. The van der Waals surface area contributed by atoms with E-state index in [9.17, 15) is 14.7 Å². The van der Waals surface area contributed by atoms with Gasteiger partial charge in [0.05, 0.1) is 18.2 Å². The highest BCUT2D eigenvalue weighted by atomic mass is 35.5. The number of nitrogens with one attached hydrogen (secondary N) is 1. The minimum Gasteiger partial charge on any atom is -0.391 e. The topological polar surface area (TPSA) is 69.6 Å². The van der Waals surface area contributed by atoms with E-state index in [4.69, 9.17) is 23.2 Å². The first-order chi connectivity index (χ1) is 16.1. The van der Waals surface area contributed by atoms with E-state index in [1.54, 1.807) is 6.92 Å². The zero-order valence-corrected chi connectivity index (χ0v) is 21.7. The Balaban J connectivity index is 2.13. The molecule has 5 atom stereocenters. The molecule has 1 saturated heterocycles. The second-order valence-electron chi connectivity index (χ2n) is 9.48. The number of likely N-dealkylation sites (tertiary alicyclic amines) is 1. The van der Waals surface area contributed by atoms with Gasteiger partial charge in [-0.15, -0.1) is 0 Å². The number of aliphatic hydroxyl groups excluding tert-OH is 1. The average Bonchev–Trinajstić information content (AvgIpc) is 2.76. The Morgan fingerprint density at radius 3 is 2.32 bits per heavy atom. The average molecular weight is 505 g/mol. The lowest BCUT2D eigenvalue weighted by molar-refractivity contribution is -0.152. The van der Waals surface area contributed by atoms with Gasteiger partial charge in [-0.1, -0.05) is 54.4 Å². The van der Waals surface area contributed by atoms with Crippen molar-refractivity contribution < 1.29 is 14.7 Å². The summed E-state index contributed by atoms with van der Waals surface area (Å²) < 4.78 is 0. The number of carbonyl (C=O) groups is 2. The summed E-state index contributed by atoms with van der Waals surface area (Å²) in [5.74, 6) is -0.862. The third-order valence-corrected chi connectivity index (χ3v) is 7.01. The molecule has 1 aliphatic rings. The van der Waals surface area contributed by atoms with E-state index in [0.29, 0.717) is 22.9 Å². The summed E-state index contributed by atoms with van der Waals surface area (Å²) in [5, 5.41) is 14.8. The minimum atomic E-state index is -0.730. The molecule has 2 N–H and O–H groups in total. The Hall–Kier alpha value is -2.08. The van der Waals surface area contributed by atoms with Crippen molar-refractivity contribution >= 4 is 35.0 Å². The molecule has 1 heterocycles. The van der Waals surface area contributed by atoms with Crippen molar-refractivity contribution in [3.05, 3.63) is 69.7 Å². The number of amides is 2. The zero-order valence-electron chi connectivity index (χ0n) is 20.2. The lowest BCUT2D eigenvalue weighted by Gasteiger charge is -2.49. The molecule has 184 valence electrons. The fourth-order valence-electron chi connectivity index (χ4n) is 5.10. The van der Waals surface area contributed by atoms with Gasteiger partial charge < -0.3 is 15.3 Å². The molecule has 3 rings (SSSR count). The molecule has 0 saturated carbocycles. The normalized spacial score (nSPS) is 22.5. The maximum absolute atomic E-state index is 13.9. The molecule has 34 heavy (non-hydrogen) atoms. The van der Waals surface area contributed by atoms with Gasteiger partial charge in [-0.05, 0) is 69.0 Å². The van der Waals surface area contributed by atoms with Crippen molar-refractivity contribution in [2.75, 3.05) is 0 Å². The molecular formula is C27H34Cl2N2O3. The monoisotopic (exact) mass is 504 g/mol. The SMILES string of the molecule is CCC([C@H](C)O)N1C(=O)[C@@H](CC(=O)NC(C)C)C[C@H](c2cccc(Cl)c2)[C@H]1c1ccc(Cl)cc1. The van der Waals surface area contributed by atoms with Crippen LogP contribution in [0.3, 0.4) is 0 Å². The maximum atomic E-state index is 13.9. The number of piperidine rings is 1. The van der Waals surface area contributed by atoms with Gasteiger partial charge >= 0.3 is 0 Å². The number of hydrogen-bond acceptors (Lipinski definition) is 3. The summed E-state index contributed by atoms with van der Waals surface area (Å²) >= 11 is 12.5. The number of benzene rings is 2. The van der Waals surface area contributed by atoms with E-state index in [-0.39, 0.29) is 36.2 Å². The number of halogens is 2. The first-order valence-corrected chi connectivity index (χ1v) is 12.7. The van der Waals surface area contributed by atoms with E-state index in [1.165, 1.54) is 0 Å². The van der Waals surface area contributed by atoms with Gasteiger partial charge in [0.15, 0.2) is 0 Å². The molecule has 2 aromatic rings. The van der Waals surface area contributed by atoms with Crippen molar-refractivity contribution in [3.63, 3.8) is 0 Å². The third kappa shape index (κ3) is 6.12. The molecule has 1 fully saturated rings. The van der Waals surface area contributed by atoms with Crippen LogP contribution in [0.5, 0.6) is 0 Å². The second-order valence-corrected chi connectivity index (χ2v) is 10.4. The van der Waals surface area contributed by atoms with Crippen LogP contribution in [0, 0.1) is 5.92 Å². The van der Waals surface area contributed by atoms with Gasteiger partial charge in [0.2, 0.25) is 11.8 Å². The standard InChI is InChI=1S/C27H34Cl2N2O3/c1-5-24(17(4)32)31-26(18-9-11-21(28)12-10-18)23(19-7-6-8-22(29)13-19)14-20(27(31)34)15-25(33)30-16(2)3/h6-13,16-17,20,23-24,26,32H,5,14-15H2,1-4H3,(H,30,33)/t17-,20+,23+,24?,26+/m0/s1. The molecule has 2 amide bonds. The predicted octanol–water partition coefficient (Wildman–Crippen LogP) is 5.74. The highest BCUT2D eigenvalue weighted by Gasteiger charge is 2.46. The predicted molar refractivity (Wildman–Crippen MR) is 137 cm³/mol. The Labute approximate surface area is 212 Å². The van der Waals surface area contributed by atoms with Crippen LogP contribution < -0.4 is 5.32 Å². The van der Waals surface area contributed by atoms with E-state index in [0.717, 1.165) is 11.1 Å². The third-order valence-electron chi connectivity index (χ3n) is 6.53. The highest BCUT2D eigenvalue weighted by Crippen LogP contribution is 2.48. The van der Waals surface area contributed by atoms with E-state index < -0.39 is 18.1 Å². The Kier molecular flexibility index (Phi) is 9.02. The molecule has 0 aromatic heterocycles. The first kappa shape index (κ1) is 26.5. The van der Waals surface area contributed by atoms with Crippen LogP contribution in [0.25, 0.3) is 0 Å². The zero-order chi connectivity index (χ0) is 25.0. The van der Waals surface area contributed by atoms with Crippen molar-refractivity contribution in [3.8, 4) is 0 Å². The summed E-state index contributed by atoms with van der Waals surface area (Å²) in [4.78, 5) is 28.4. The van der Waals surface area contributed by atoms with E-state index >= 15 is 0 Å². The molecule has 0 bridgehead atoms. The van der Waals surface area contributed by atoms with E-state index in [1.807, 2.05) is 74.2 Å². The molecule has 0 spiro atoms. The van der Waals surface area contributed by atoms with Crippen LogP contribution in [-0.2, 0) is 9.59 Å². The van der Waals surface area contributed by atoms with E-state index in [2.05, 4.69) is 5.32 Å². The van der Waals surface area contributed by atoms with Crippen molar-refractivity contribution in [2.24, 2.45) is 5.92 Å². The molecule has 0 radical (unpaired) electrons. The molecule has 5 nitrogen and oxygen atoms in total. The number of hydrogen-bond donors (Lipinski definition) is 2. The number of rotatable bonds is 8. The van der Waals surface area contributed by atoms with Crippen LogP contribution in [0.1, 0.15) is 70.0 Å². The lowest BCUT2D eigenvalue weighted by Crippen LogP contribution is -2.55. The number of aliphatic hydroxyl groups is 1. The molecular weight excluding hydrogens is 471 g/mol. The summed E-state index contributed by atoms with van der Waals surface area (Å²) in [5.41, 5.74) is 1.94. The molecule has 1 aliphatic heterocycles. The molecule has 0 aliphatic carbocycles. The fourth-order valence-corrected chi connectivity index (χ4v) is 5.43. The van der Waals surface area contributed by atoms with Gasteiger partial charge in [0.25, 0.3) is 0 Å². The van der Waals surface area contributed by atoms with Crippen molar-refractivity contribution in [2.45, 2.75) is 77.1 Å².